The molecule has 0 atom stereocenters. The zero-order valence-electron chi connectivity index (χ0n) is 15.2. The Morgan fingerprint density at radius 3 is 2.79 bits per heavy atom. The number of aryl methyl sites for hydroxylation is 1. The van der Waals surface area contributed by atoms with E-state index in [0.29, 0.717) is 17.8 Å². The standard InChI is InChI=1S/C22H17N5O/c1-14-10-16(3-4-18(14)13-24-22(28)21-8-9-25-27-21)20-7-5-17-11-15(12-23)2-6-19(17)26-20/h2-11H,13H2,1H3,(H,24,28)(H,25,27). The number of nitrogens with zero attached hydrogens (tertiary/aromatic N) is 3. The summed E-state index contributed by atoms with van der Waals surface area (Å²) in [7, 11) is 0. The van der Waals surface area contributed by atoms with E-state index in [4.69, 9.17) is 10.2 Å². The third-order valence-corrected chi connectivity index (χ3v) is 4.64. The molecule has 0 unspecified atom stereocenters. The molecule has 0 aliphatic rings. The summed E-state index contributed by atoms with van der Waals surface area (Å²) in [5.74, 6) is -0.186. The average molecular weight is 367 g/mol. The number of carbonyl (C=O) groups is 1. The second-order valence-corrected chi connectivity index (χ2v) is 6.51. The summed E-state index contributed by atoms with van der Waals surface area (Å²) in [6.07, 6.45) is 1.55. The minimum Gasteiger partial charge on any atom is -0.347 e. The van der Waals surface area contributed by atoms with Crippen LogP contribution in [0.3, 0.4) is 0 Å². The Morgan fingerprint density at radius 2 is 2.04 bits per heavy atom. The van der Waals surface area contributed by atoms with Gasteiger partial charge in [0.2, 0.25) is 0 Å². The summed E-state index contributed by atoms with van der Waals surface area (Å²) in [6.45, 7) is 2.45. The summed E-state index contributed by atoms with van der Waals surface area (Å²) in [6, 6.07) is 19.3. The molecule has 0 saturated heterocycles. The van der Waals surface area contributed by atoms with Gasteiger partial charge in [0.25, 0.3) is 5.91 Å². The lowest BCUT2D eigenvalue weighted by molar-refractivity contribution is 0.0946. The largest absolute Gasteiger partial charge is 0.347 e. The van der Waals surface area contributed by atoms with Crippen molar-refractivity contribution in [3.05, 3.63) is 83.2 Å². The van der Waals surface area contributed by atoms with Gasteiger partial charge in [0, 0.05) is 23.7 Å². The number of nitriles is 1. The molecule has 0 saturated carbocycles. The number of rotatable bonds is 4. The van der Waals surface area contributed by atoms with Crippen LogP contribution in [-0.2, 0) is 6.54 Å². The number of carbonyl (C=O) groups excluding carboxylic acids is 1. The second kappa shape index (κ2) is 7.33. The van der Waals surface area contributed by atoms with Gasteiger partial charge in [0.1, 0.15) is 5.69 Å². The molecule has 136 valence electrons. The summed E-state index contributed by atoms with van der Waals surface area (Å²) >= 11 is 0. The van der Waals surface area contributed by atoms with Gasteiger partial charge in [0.15, 0.2) is 0 Å². The number of aromatic amines is 1. The zero-order valence-corrected chi connectivity index (χ0v) is 15.2. The van der Waals surface area contributed by atoms with Crippen molar-refractivity contribution in [2.75, 3.05) is 0 Å². The molecule has 1 amide bonds. The van der Waals surface area contributed by atoms with Crippen molar-refractivity contribution in [1.82, 2.24) is 20.5 Å². The lowest BCUT2D eigenvalue weighted by Gasteiger charge is -2.10. The fourth-order valence-electron chi connectivity index (χ4n) is 3.06. The van der Waals surface area contributed by atoms with Crippen LogP contribution in [0.25, 0.3) is 22.2 Å². The first-order valence-corrected chi connectivity index (χ1v) is 8.82. The molecule has 0 spiro atoms. The number of benzene rings is 2. The fourth-order valence-corrected chi connectivity index (χ4v) is 3.06. The van der Waals surface area contributed by atoms with Gasteiger partial charge in [-0.25, -0.2) is 4.98 Å². The van der Waals surface area contributed by atoms with E-state index in [1.807, 2.05) is 43.3 Å². The summed E-state index contributed by atoms with van der Waals surface area (Å²) in [4.78, 5) is 16.7. The topological polar surface area (TPSA) is 94.5 Å². The molecule has 0 fully saturated rings. The van der Waals surface area contributed by atoms with Crippen LogP contribution in [0, 0.1) is 18.3 Å². The maximum atomic E-state index is 12.0. The fraction of sp³-hybridized carbons (Fsp3) is 0.0909. The summed E-state index contributed by atoms with van der Waals surface area (Å²) in [5, 5.41) is 19.3. The highest BCUT2D eigenvalue weighted by atomic mass is 16.1. The smallest absolute Gasteiger partial charge is 0.269 e. The first kappa shape index (κ1) is 17.4. The summed E-state index contributed by atoms with van der Waals surface area (Å²) < 4.78 is 0. The lowest BCUT2D eigenvalue weighted by Crippen LogP contribution is -2.23. The van der Waals surface area contributed by atoms with Crippen molar-refractivity contribution >= 4 is 16.8 Å². The van der Waals surface area contributed by atoms with Gasteiger partial charge in [0.05, 0.1) is 22.8 Å². The highest BCUT2D eigenvalue weighted by Crippen LogP contribution is 2.24. The molecule has 2 aromatic heterocycles. The molecule has 2 aromatic carbocycles. The van der Waals surface area contributed by atoms with Crippen LogP contribution >= 0.6 is 0 Å². The molecule has 6 heteroatoms. The van der Waals surface area contributed by atoms with Crippen molar-refractivity contribution in [3.63, 3.8) is 0 Å². The first-order valence-electron chi connectivity index (χ1n) is 8.82. The maximum Gasteiger partial charge on any atom is 0.269 e. The van der Waals surface area contributed by atoms with Gasteiger partial charge in [-0.3, -0.25) is 9.89 Å². The normalized spacial score (nSPS) is 10.6. The van der Waals surface area contributed by atoms with Crippen molar-refractivity contribution in [2.45, 2.75) is 13.5 Å². The van der Waals surface area contributed by atoms with E-state index in [1.54, 1.807) is 18.3 Å². The van der Waals surface area contributed by atoms with Gasteiger partial charge in [-0.1, -0.05) is 18.2 Å². The number of fused-ring (bicyclic) bond motifs is 1. The molecule has 0 bridgehead atoms. The van der Waals surface area contributed by atoms with Crippen LogP contribution in [0.4, 0.5) is 0 Å². The second-order valence-electron chi connectivity index (χ2n) is 6.51. The molecule has 0 radical (unpaired) electrons. The van der Waals surface area contributed by atoms with Gasteiger partial charge < -0.3 is 5.32 Å². The van der Waals surface area contributed by atoms with Crippen molar-refractivity contribution in [1.29, 1.82) is 5.26 Å². The Bertz CT molecular complexity index is 1210. The Balaban J connectivity index is 1.55. The van der Waals surface area contributed by atoms with Gasteiger partial charge in [-0.15, -0.1) is 0 Å². The van der Waals surface area contributed by atoms with Crippen LogP contribution in [0.1, 0.15) is 27.2 Å². The van der Waals surface area contributed by atoms with Crippen LogP contribution in [-0.4, -0.2) is 21.1 Å². The number of H-pyrrole nitrogens is 1. The third-order valence-electron chi connectivity index (χ3n) is 4.64. The van der Waals surface area contributed by atoms with E-state index in [1.165, 1.54) is 0 Å². The molecule has 4 rings (SSSR count). The first-order chi connectivity index (χ1) is 13.6. The van der Waals surface area contributed by atoms with E-state index >= 15 is 0 Å². The predicted octanol–water partition coefficient (Wildman–Crippen LogP) is 3.74. The van der Waals surface area contributed by atoms with Crippen LogP contribution < -0.4 is 5.32 Å². The molecule has 6 nitrogen and oxygen atoms in total. The van der Waals surface area contributed by atoms with Gasteiger partial charge in [-0.05, 0) is 54.4 Å². The molecule has 4 aromatic rings. The Morgan fingerprint density at radius 1 is 1.14 bits per heavy atom. The monoisotopic (exact) mass is 367 g/mol. The minimum absolute atomic E-state index is 0.186. The van der Waals surface area contributed by atoms with Gasteiger partial charge >= 0.3 is 0 Å². The van der Waals surface area contributed by atoms with E-state index in [9.17, 15) is 4.79 Å². The van der Waals surface area contributed by atoms with Crippen molar-refractivity contribution < 1.29 is 4.79 Å². The molecule has 2 N–H and O–H groups in total. The molecule has 0 aliphatic heterocycles. The number of pyridine rings is 1. The average Bonchev–Trinajstić information content (AvgIpc) is 3.27. The van der Waals surface area contributed by atoms with E-state index < -0.39 is 0 Å². The predicted molar refractivity (Wildman–Crippen MR) is 106 cm³/mol. The van der Waals surface area contributed by atoms with Crippen molar-refractivity contribution in [2.24, 2.45) is 0 Å². The minimum atomic E-state index is -0.186. The van der Waals surface area contributed by atoms with Crippen LogP contribution in [0.15, 0.2) is 60.8 Å². The molecule has 2 heterocycles. The molecule has 0 aliphatic carbocycles. The molecular weight excluding hydrogens is 350 g/mol. The number of aromatic nitrogens is 3. The van der Waals surface area contributed by atoms with E-state index in [0.717, 1.165) is 33.3 Å². The van der Waals surface area contributed by atoms with Gasteiger partial charge in [-0.2, -0.15) is 10.4 Å². The number of nitrogens with one attached hydrogen (secondary N) is 2. The third kappa shape index (κ3) is 3.46. The Labute approximate surface area is 161 Å². The highest BCUT2D eigenvalue weighted by Gasteiger charge is 2.09. The maximum absolute atomic E-state index is 12.0. The molecular formula is C22H17N5O. The number of amides is 1. The summed E-state index contributed by atoms with van der Waals surface area (Å²) in [5.41, 5.74) is 5.90. The van der Waals surface area contributed by atoms with Crippen molar-refractivity contribution in [3.8, 4) is 17.3 Å². The number of hydrogen-bond donors (Lipinski definition) is 2. The lowest BCUT2D eigenvalue weighted by atomic mass is 10.0. The Hall–Kier alpha value is -3.98. The van der Waals surface area contributed by atoms with E-state index in [-0.39, 0.29) is 5.91 Å². The molecule has 28 heavy (non-hydrogen) atoms. The van der Waals surface area contributed by atoms with Crippen LogP contribution in [0.5, 0.6) is 0 Å². The van der Waals surface area contributed by atoms with Crippen LogP contribution in [0.2, 0.25) is 0 Å². The quantitative estimate of drug-likeness (QED) is 0.574. The Kier molecular flexibility index (Phi) is 4.56. The number of hydrogen-bond acceptors (Lipinski definition) is 4. The zero-order chi connectivity index (χ0) is 19.5. The highest BCUT2D eigenvalue weighted by molar-refractivity contribution is 5.92. The van der Waals surface area contributed by atoms with E-state index in [2.05, 4.69) is 27.6 Å². The SMILES string of the molecule is Cc1cc(-c2ccc3cc(C#N)ccc3n2)ccc1CNC(=O)c1ccn[nH]1.